The molecule has 3 rings (SSSR count). The number of hydrogen-bond donors (Lipinski definition) is 0. The van der Waals surface area contributed by atoms with Crippen LogP contribution >= 0.6 is 0 Å². The van der Waals surface area contributed by atoms with Gasteiger partial charge in [0.05, 0.1) is 0 Å². The van der Waals surface area contributed by atoms with Crippen molar-refractivity contribution in [3.05, 3.63) is 0 Å². The fourth-order valence-electron chi connectivity index (χ4n) is 4.46. The van der Waals surface area contributed by atoms with Crippen molar-refractivity contribution >= 4 is 0 Å². The Morgan fingerprint density at radius 3 is 3.00 bits per heavy atom. The van der Waals surface area contributed by atoms with Crippen LogP contribution in [0.25, 0.3) is 0 Å². The molecule has 3 fully saturated rings. The molecule has 12 heavy (non-hydrogen) atoms. The summed E-state index contributed by atoms with van der Waals surface area (Å²) in [7, 11) is 0. The van der Waals surface area contributed by atoms with E-state index in [0.717, 1.165) is 5.41 Å². The molecule has 0 N–H and O–H groups in total. The molecule has 4 unspecified atom stereocenters. The van der Waals surface area contributed by atoms with E-state index >= 15 is 0 Å². The van der Waals surface area contributed by atoms with Crippen molar-refractivity contribution in [2.75, 3.05) is 0 Å². The summed E-state index contributed by atoms with van der Waals surface area (Å²) in [6.45, 7) is 2.33. The van der Waals surface area contributed by atoms with Crippen LogP contribution in [0.4, 0.5) is 0 Å². The molecule has 0 aromatic rings. The summed E-state index contributed by atoms with van der Waals surface area (Å²) in [6, 6.07) is 0. The predicted octanol–water partition coefficient (Wildman–Crippen LogP) is 3.61. The van der Waals surface area contributed by atoms with Crippen LogP contribution in [0.3, 0.4) is 0 Å². The normalized spacial score (nSPS) is 54.2. The van der Waals surface area contributed by atoms with Crippen LogP contribution in [0.5, 0.6) is 0 Å². The van der Waals surface area contributed by atoms with Crippen molar-refractivity contribution in [1.29, 1.82) is 0 Å². The van der Waals surface area contributed by atoms with E-state index in [-0.39, 0.29) is 0 Å². The molecule has 0 aliphatic heterocycles. The maximum Gasteiger partial charge on any atom is -0.0230 e. The van der Waals surface area contributed by atoms with E-state index in [9.17, 15) is 0 Å². The Balaban J connectivity index is 1.66. The van der Waals surface area contributed by atoms with Gasteiger partial charge >= 0.3 is 0 Å². The summed E-state index contributed by atoms with van der Waals surface area (Å²) < 4.78 is 0. The van der Waals surface area contributed by atoms with E-state index in [4.69, 9.17) is 0 Å². The molecule has 3 aliphatic rings. The highest BCUT2D eigenvalue weighted by Crippen LogP contribution is 2.81. The average Bonchev–Trinajstić information content (AvgIpc) is 2.65. The minimum Gasteiger partial charge on any atom is -0.0654 e. The first kappa shape index (κ1) is 7.41. The second-order valence-electron chi connectivity index (χ2n) is 5.36. The number of rotatable bonds is 3. The molecule has 3 saturated carbocycles. The van der Waals surface area contributed by atoms with Gasteiger partial charge in [0, 0.05) is 0 Å². The van der Waals surface area contributed by atoms with Gasteiger partial charge in [0.2, 0.25) is 0 Å². The molecule has 0 heteroatoms. The SMILES string of the molecule is CCCCC12CC3CCCC1C32. The lowest BCUT2D eigenvalue weighted by Gasteiger charge is -2.34. The predicted molar refractivity (Wildman–Crippen MR) is 50.9 cm³/mol. The first-order chi connectivity index (χ1) is 5.88. The van der Waals surface area contributed by atoms with Crippen molar-refractivity contribution in [3.8, 4) is 0 Å². The Bertz CT molecular complexity index is 190. The summed E-state index contributed by atoms with van der Waals surface area (Å²) in [5, 5.41) is 0. The molecular formula is C12H20. The van der Waals surface area contributed by atoms with Crippen LogP contribution in [-0.4, -0.2) is 0 Å². The van der Waals surface area contributed by atoms with Gasteiger partial charge < -0.3 is 0 Å². The second kappa shape index (κ2) is 2.27. The zero-order chi connectivity index (χ0) is 8.18. The molecule has 0 heterocycles. The van der Waals surface area contributed by atoms with E-state index in [1.165, 1.54) is 30.6 Å². The summed E-state index contributed by atoms with van der Waals surface area (Å²) in [5.41, 5.74) is 0.942. The third-order valence-electron chi connectivity index (χ3n) is 4.96. The maximum absolute atomic E-state index is 2.33. The average molecular weight is 164 g/mol. The summed E-state index contributed by atoms with van der Waals surface area (Å²) in [6.07, 6.45) is 10.8. The fourth-order valence-corrected chi connectivity index (χ4v) is 4.46. The van der Waals surface area contributed by atoms with Gasteiger partial charge in [-0.2, -0.15) is 0 Å². The van der Waals surface area contributed by atoms with Crippen LogP contribution in [0.1, 0.15) is 51.9 Å². The third kappa shape index (κ3) is 0.701. The minimum atomic E-state index is 0.942. The number of hydrogen-bond acceptors (Lipinski definition) is 0. The largest absolute Gasteiger partial charge is 0.0654 e. The molecular weight excluding hydrogens is 144 g/mol. The summed E-state index contributed by atoms with van der Waals surface area (Å²) in [4.78, 5) is 0. The standard InChI is InChI=1S/C12H20/c1-2-3-7-12-8-9-5-4-6-10(12)11(9)12/h9-11H,2-8H2,1H3. The zero-order valence-electron chi connectivity index (χ0n) is 8.18. The molecule has 0 radical (unpaired) electrons. The smallest absolute Gasteiger partial charge is 0.0230 e. The molecule has 0 aromatic carbocycles. The Morgan fingerprint density at radius 1 is 1.33 bits per heavy atom. The zero-order valence-corrected chi connectivity index (χ0v) is 8.18. The molecule has 0 bridgehead atoms. The lowest BCUT2D eigenvalue weighted by Crippen LogP contribution is -2.25. The fraction of sp³-hybridized carbons (Fsp3) is 1.00. The van der Waals surface area contributed by atoms with Crippen molar-refractivity contribution in [3.63, 3.8) is 0 Å². The van der Waals surface area contributed by atoms with Gasteiger partial charge in [0.1, 0.15) is 0 Å². The number of unbranched alkanes of at least 4 members (excludes halogenated alkanes) is 1. The van der Waals surface area contributed by atoms with E-state index in [0.29, 0.717) is 0 Å². The topological polar surface area (TPSA) is 0 Å². The van der Waals surface area contributed by atoms with Gasteiger partial charge in [0.25, 0.3) is 0 Å². The van der Waals surface area contributed by atoms with E-state index in [1.807, 2.05) is 0 Å². The van der Waals surface area contributed by atoms with Gasteiger partial charge in [-0.25, -0.2) is 0 Å². The van der Waals surface area contributed by atoms with Crippen molar-refractivity contribution in [2.45, 2.75) is 51.9 Å². The van der Waals surface area contributed by atoms with Crippen LogP contribution in [0.2, 0.25) is 0 Å². The van der Waals surface area contributed by atoms with Crippen LogP contribution in [-0.2, 0) is 0 Å². The van der Waals surface area contributed by atoms with E-state index in [2.05, 4.69) is 6.92 Å². The summed E-state index contributed by atoms with van der Waals surface area (Å²) >= 11 is 0. The highest BCUT2D eigenvalue weighted by Gasteiger charge is 2.74. The van der Waals surface area contributed by atoms with Crippen molar-refractivity contribution in [2.24, 2.45) is 23.2 Å². The second-order valence-corrected chi connectivity index (χ2v) is 5.36. The molecule has 0 aromatic heterocycles. The van der Waals surface area contributed by atoms with Crippen molar-refractivity contribution in [1.82, 2.24) is 0 Å². The van der Waals surface area contributed by atoms with E-state index in [1.54, 1.807) is 32.1 Å². The van der Waals surface area contributed by atoms with Crippen LogP contribution in [0, 0.1) is 23.2 Å². The summed E-state index contributed by atoms with van der Waals surface area (Å²) in [5.74, 6) is 3.64. The lowest BCUT2D eigenvalue weighted by atomic mass is 9.71. The Labute approximate surface area is 75.7 Å². The van der Waals surface area contributed by atoms with E-state index < -0.39 is 0 Å². The molecule has 0 amide bonds. The van der Waals surface area contributed by atoms with Crippen LogP contribution < -0.4 is 0 Å². The van der Waals surface area contributed by atoms with Gasteiger partial charge in [0.15, 0.2) is 0 Å². The minimum absolute atomic E-state index is 0.942. The third-order valence-corrected chi connectivity index (χ3v) is 4.96. The molecule has 3 aliphatic carbocycles. The highest BCUT2D eigenvalue weighted by atomic mass is 14.8. The molecule has 0 saturated heterocycles. The first-order valence-electron chi connectivity index (χ1n) is 5.88. The van der Waals surface area contributed by atoms with Crippen LogP contribution in [0.15, 0.2) is 0 Å². The Morgan fingerprint density at radius 2 is 2.25 bits per heavy atom. The van der Waals surface area contributed by atoms with Gasteiger partial charge in [-0.05, 0) is 42.4 Å². The lowest BCUT2D eigenvalue weighted by molar-refractivity contribution is 0.155. The monoisotopic (exact) mass is 164 g/mol. The highest BCUT2D eigenvalue weighted by molar-refractivity contribution is 5.22. The van der Waals surface area contributed by atoms with Gasteiger partial charge in [-0.15, -0.1) is 0 Å². The number of fused-ring (bicyclic) bond motifs is 1. The molecule has 0 nitrogen and oxygen atoms in total. The molecule has 0 spiro atoms. The first-order valence-corrected chi connectivity index (χ1v) is 5.88. The van der Waals surface area contributed by atoms with Crippen molar-refractivity contribution < 1.29 is 0 Å². The van der Waals surface area contributed by atoms with Gasteiger partial charge in [-0.1, -0.05) is 32.6 Å². The Kier molecular flexibility index (Phi) is 1.40. The maximum atomic E-state index is 2.33. The quantitative estimate of drug-likeness (QED) is 0.597. The molecule has 68 valence electrons. The van der Waals surface area contributed by atoms with Gasteiger partial charge in [-0.3, -0.25) is 0 Å². The Hall–Kier alpha value is 0. The molecule has 4 atom stereocenters.